The number of amides is 1. The van der Waals surface area contributed by atoms with Gasteiger partial charge in [-0.2, -0.15) is 0 Å². The Bertz CT molecular complexity index is 772. The molecule has 24 heavy (non-hydrogen) atoms. The summed E-state index contributed by atoms with van der Waals surface area (Å²) >= 11 is 8.10. The van der Waals surface area contributed by atoms with E-state index in [9.17, 15) is 9.18 Å². The largest absolute Gasteiger partial charge is 0.342 e. The zero-order valence-electron chi connectivity index (χ0n) is 13.3. The zero-order chi connectivity index (χ0) is 17.1. The van der Waals surface area contributed by atoms with Gasteiger partial charge in [-0.05, 0) is 55.2 Å². The van der Waals surface area contributed by atoms with Gasteiger partial charge in [-0.15, -0.1) is 5.10 Å². The molecule has 0 spiro atoms. The molecule has 2 heterocycles. The summed E-state index contributed by atoms with van der Waals surface area (Å²) < 4.78 is 16.0. The lowest BCUT2D eigenvalue weighted by Crippen LogP contribution is -2.40. The van der Waals surface area contributed by atoms with E-state index in [1.807, 2.05) is 4.90 Å². The van der Waals surface area contributed by atoms with Gasteiger partial charge in [0.25, 0.3) is 0 Å². The summed E-state index contributed by atoms with van der Waals surface area (Å²) in [5.74, 6) is 0.809. The standard InChI is InChI=1S/C16H18FN3OS3/c1-11-3-2-8-19(9-11)14(21)10-23-15-18-20(16(22)24-15)13-6-4-12(17)5-7-13/h4-7,11H,2-3,8-10H2,1H3/t11-/m1/s1. The van der Waals surface area contributed by atoms with E-state index < -0.39 is 0 Å². The first-order chi connectivity index (χ1) is 11.5. The Morgan fingerprint density at radius 3 is 2.92 bits per heavy atom. The van der Waals surface area contributed by atoms with E-state index in [0.717, 1.165) is 29.5 Å². The minimum Gasteiger partial charge on any atom is -0.342 e. The van der Waals surface area contributed by atoms with Crippen molar-refractivity contribution in [3.05, 3.63) is 34.0 Å². The van der Waals surface area contributed by atoms with Crippen molar-refractivity contribution >= 4 is 41.2 Å². The van der Waals surface area contributed by atoms with Crippen molar-refractivity contribution in [1.82, 2.24) is 14.7 Å². The second-order valence-corrected chi connectivity index (χ2v) is 8.74. The normalized spacial score (nSPS) is 17.9. The second-order valence-electron chi connectivity index (χ2n) is 5.90. The van der Waals surface area contributed by atoms with Crippen LogP contribution in [0.4, 0.5) is 4.39 Å². The first-order valence-corrected chi connectivity index (χ1v) is 10.0. The second kappa shape index (κ2) is 7.76. The van der Waals surface area contributed by atoms with Crippen LogP contribution in [0.2, 0.25) is 0 Å². The summed E-state index contributed by atoms with van der Waals surface area (Å²) in [7, 11) is 0. The lowest BCUT2D eigenvalue weighted by atomic mass is 10.0. The van der Waals surface area contributed by atoms with Gasteiger partial charge < -0.3 is 4.90 Å². The molecule has 1 aromatic heterocycles. The fraction of sp³-hybridized carbons (Fsp3) is 0.438. The van der Waals surface area contributed by atoms with Crippen molar-refractivity contribution in [2.75, 3.05) is 18.8 Å². The Balaban J connectivity index is 1.64. The van der Waals surface area contributed by atoms with Crippen LogP contribution in [-0.2, 0) is 4.79 Å². The average molecular weight is 384 g/mol. The summed E-state index contributed by atoms with van der Waals surface area (Å²) in [6.45, 7) is 3.88. The van der Waals surface area contributed by atoms with E-state index in [0.29, 0.717) is 15.6 Å². The van der Waals surface area contributed by atoms with Crippen LogP contribution in [0.5, 0.6) is 0 Å². The van der Waals surface area contributed by atoms with Crippen LogP contribution in [0, 0.1) is 15.7 Å². The topological polar surface area (TPSA) is 38.1 Å². The van der Waals surface area contributed by atoms with Gasteiger partial charge in [-0.3, -0.25) is 4.79 Å². The molecule has 1 aliphatic heterocycles. The van der Waals surface area contributed by atoms with Gasteiger partial charge in [-0.25, -0.2) is 9.07 Å². The first kappa shape index (κ1) is 17.6. The molecule has 0 radical (unpaired) electrons. The van der Waals surface area contributed by atoms with Crippen molar-refractivity contribution in [2.24, 2.45) is 5.92 Å². The molecule has 0 unspecified atom stereocenters. The van der Waals surface area contributed by atoms with Crippen molar-refractivity contribution in [1.29, 1.82) is 0 Å². The number of hydrogen-bond donors (Lipinski definition) is 0. The van der Waals surface area contributed by atoms with Gasteiger partial charge in [-0.1, -0.05) is 30.0 Å². The van der Waals surface area contributed by atoms with Crippen LogP contribution in [0.15, 0.2) is 28.6 Å². The van der Waals surface area contributed by atoms with E-state index >= 15 is 0 Å². The molecule has 2 aromatic rings. The highest BCUT2D eigenvalue weighted by Crippen LogP contribution is 2.25. The molecule has 1 atom stereocenters. The smallest absolute Gasteiger partial charge is 0.233 e. The van der Waals surface area contributed by atoms with Crippen molar-refractivity contribution in [2.45, 2.75) is 24.1 Å². The van der Waals surface area contributed by atoms with Crippen molar-refractivity contribution in [3.8, 4) is 5.69 Å². The Labute approximate surface area is 153 Å². The molecular formula is C16H18FN3OS3. The number of hydrogen-bond acceptors (Lipinski definition) is 5. The number of piperidine rings is 1. The van der Waals surface area contributed by atoms with Crippen LogP contribution in [0.3, 0.4) is 0 Å². The molecule has 4 nitrogen and oxygen atoms in total. The predicted molar refractivity (Wildman–Crippen MR) is 97.9 cm³/mol. The lowest BCUT2D eigenvalue weighted by molar-refractivity contribution is -0.130. The highest BCUT2D eigenvalue weighted by Gasteiger charge is 2.21. The Kier molecular flexibility index (Phi) is 5.68. The highest BCUT2D eigenvalue weighted by molar-refractivity contribution is 8.01. The van der Waals surface area contributed by atoms with Gasteiger partial charge in [0.05, 0.1) is 11.4 Å². The molecule has 0 N–H and O–H groups in total. The zero-order valence-corrected chi connectivity index (χ0v) is 15.7. The fourth-order valence-corrected chi connectivity index (χ4v) is 4.96. The number of benzene rings is 1. The van der Waals surface area contributed by atoms with E-state index in [1.165, 1.54) is 41.7 Å². The molecule has 1 saturated heterocycles. The Hall–Kier alpha value is -1.25. The summed E-state index contributed by atoms with van der Waals surface area (Å²) in [5, 5.41) is 4.44. The predicted octanol–water partition coefficient (Wildman–Crippen LogP) is 4.15. The summed E-state index contributed by atoms with van der Waals surface area (Å²) in [4.78, 5) is 14.3. The summed E-state index contributed by atoms with van der Waals surface area (Å²) in [6, 6.07) is 6.04. The highest BCUT2D eigenvalue weighted by atomic mass is 32.2. The van der Waals surface area contributed by atoms with Gasteiger partial charge in [0.15, 0.2) is 8.29 Å². The number of likely N-dealkylation sites (tertiary alicyclic amines) is 1. The quantitative estimate of drug-likeness (QED) is 0.587. The molecule has 1 aromatic carbocycles. The minimum absolute atomic E-state index is 0.154. The third-order valence-corrected chi connectivity index (χ3v) is 6.28. The summed E-state index contributed by atoms with van der Waals surface area (Å²) in [6.07, 6.45) is 2.27. The summed E-state index contributed by atoms with van der Waals surface area (Å²) in [5.41, 5.74) is 0.723. The Morgan fingerprint density at radius 1 is 1.46 bits per heavy atom. The SMILES string of the molecule is C[C@@H]1CCCN(C(=O)CSc2nn(-c3ccc(F)cc3)c(=S)s2)C1. The molecule has 0 aliphatic carbocycles. The molecular weight excluding hydrogens is 365 g/mol. The molecule has 0 saturated carbocycles. The monoisotopic (exact) mass is 383 g/mol. The van der Waals surface area contributed by atoms with Crippen LogP contribution >= 0.6 is 35.3 Å². The number of carbonyl (C=O) groups is 1. The van der Waals surface area contributed by atoms with Gasteiger partial charge in [0.2, 0.25) is 5.91 Å². The Morgan fingerprint density at radius 2 is 2.21 bits per heavy atom. The fourth-order valence-electron chi connectivity index (χ4n) is 2.70. The van der Waals surface area contributed by atoms with Crippen LogP contribution in [-0.4, -0.2) is 39.4 Å². The molecule has 8 heteroatoms. The number of nitrogens with zero attached hydrogens (tertiary/aromatic N) is 3. The van der Waals surface area contributed by atoms with Crippen molar-refractivity contribution in [3.63, 3.8) is 0 Å². The molecule has 1 fully saturated rings. The molecule has 128 valence electrons. The molecule has 3 rings (SSSR count). The number of rotatable bonds is 4. The van der Waals surface area contributed by atoms with E-state index in [-0.39, 0.29) is 11.7 Å². The van der Waals surface area contributed by atoms with Gasteiger partial charge in [0.1, 0.15) is 5.82 Å². The average Bonchev–Trinajstić information content (AvgIpc) is 2.94. The number of thioether (sulfide) groups is 1. The lowest BCUT2D eigenvalue weighted by Gasteiger charge is -2.30. The van der Waals surface area contributed by atoms with E-state index in [1.54, 1.807) is 16.8 Å². The third-order valence-electron chi connectivity index (χ3n) is 3.93. The van der Waals surface area contributed by atoms with Gasteiger partial charge in [0, 0.05) is 13.1 Å². The maximum Gasteiger partial charge on any atom is 0.233 e. The van der Waals surface area contributed by atoms with Crippen molar-refractivity contribution < 1.29 is 9.18 Å². The maximum absolute atomic E-state index is 13.0. The number of aromatic nitrogens is 2. The molecule has 1 amide bonds. The van der Waals surface area contributed by atoms with Crippen LogP contribution in [0.25, 0.3) is 5.69 Å². The maximum atomic E-state index is 13.0. The van der Waals surface area contributed by atoms with Gasteiger partial charge >= 0.3 is 0 Å². The third kappa shape index (κ3) is 4.23. The van der Waals surface area contributed by atoms with Crippen LogP contribution < -0.4 is 0 Å². The number of carbonyl (C=O) groups excluding carboxylic acids is 1. The minimum atomic E-state index is -0.295. The van der Waals surface area contributed by atoms with E-state index in [4.69, 9.17) is 12.2 Å². The molecule has 0 bridgehead atoms. The number of halogens is 1. The molecule has 1 aliphatic rings. The first-order valence-electron chi connectivity index (χ1n) is 7.79. The van der Waals surface area contributed by atoms with E-state index in [2.05, 4.69) is 12.0 Å². The van der Waals surface area contributed by atoms with Crippen LogP contribution in [0.1, 0.15) is 19.8 Å².